The summed E-state index contributed by atoms with van der Waals surface area (Å²) in [5, 5.41) is 5.76. The fraction of sp³-hybridized carbons (Fsp3) is 0.478. The van der Waals surface area contributed by atoms with Crippen molar-refractivity contribution in [2.75, 3.05) is 38.1 Å². The Kier molecular flexibility index (Phi) is 5.87. The summed E-state index contributed by atoms with van der Waals surface area (Å²) in [6, 6.07) is 10.4. The topological polar surface area (TPSA) is 78.6 Å². The molecule has 2 aliphatic rings. The molecule has 32 heavy (non-hydrogen) atoms. The Morgan fingerprint density at radius 1 is 1.06 bits per heavy atom. The number of carbonyl (C=O) groups excluding carboxylic acids is 1. The number of benzene rings is 1. The zero-order valence-corrected chi connectivity index (χ0v) is 19.0. The van der Waals surface area contributed by atoms with Crippen LogP contribution in [0.25, 0.3) is 22.4 Å². The van der Waals surface area contributed by atoms with Crippen molar-refractivity contribution in [3.8, 4) is 11.5 Å². The number of aromatic nitrogens is 3. The van der Waals surface area contributed by atoms with Crippen LogP contribution in [0.5, 0.6) is 0 Å². The number of anilines is 1. The highest BCUT2D eigenvalue weighted by atomic mass is 35.5. The summed E-state index contributed by atoms with van der Waals surface area (Å²) >= 11 is 6.05. The minimum atomic E-state index is 0.128. The first-order valence-corrected chi connectivity index (χ1v) is 11.6. The molecule has 2 fully saturated rings. The van der Waals surface area contributed by atoms with Gasteiger partial charge in [-0.25, -0.2) is 9.78 Å². The van der Waals surface area contributed by atoms with Gasteiger partial charge in [-0.05, 0) is 37.1 Å². The molecule has 3 aromatic rings. The average molecular weight is 455 g/mol. The molecule has 3 heterocycles. The molecule has 5 rings (SSSR count). The Labute approximate surface area is 192 Å². The summed E-state index contributed by atoms with van der Waals surface area (Å²) in [5.41, 5.74) is 1.48. The second-order valence-electron chi connectivity index (χ2n) is 8.59. The minimum absolute atomic E-state index is 0.128. The van der Waals surface area contributed by atoms with E-state index in [4.69, 9.17) is 16.1 Å². The lowest BCUT2D eigenvalue weighted by molar-refractivity contribution is 0.131. The smallest absolute Gasteiger partial charge is 0.324 e. The van der Waals surface area contributed by atoms with Gasteiger partial charge in [-0.15, -0.1) is 0 Å². The third kappa shape index (κ3) is 4.24. The van der Waals surface area contributed by atoms with Crippen LogP contribution in [0.1, 0.15) is 32.1 Å². The average Bonchev–Trinajstić information content (AvgIpc) is 3.34. The number of nitrogens with zero attached hydrogens (tertiary/aromatic N) is 6. The van der Waals surface area contributed by atoms with Crippen molar-refractivity contribution >= 4 is 34.5 Å². The minimum Gasteiger partial charge on any atom is -0.325 e. The van der Waals surface area contributed by atoms with E-state index >= 15 is 0 Å². The van der Waals surface area contributed by atoms with Gasteiger partial charge in [0.2, 0.25) is 5.82 Å². The summed E-state index contributed by atoms with van der Waals surface area (Å²) in [5.74, 6) is 0.451. The first-order valence-electron chi connectivity index (χ1n) is 11.3. The van der Waals surface area contributed by atoms with Crippen LogP contribution in [0.2, 0.25) is 5.02 Å². The van der Waals surface area contributed by atoms with Crippen molar-refractivity contribution in [2.24, 2.45) is 0 Å². The van der Waals surface area contributed by atoms with Crippen LogP contribution in [0.4, 0.5) is 10.8 Å². The van der Waals surface area contributed by atoms with Crippen molar-refractivity contribution < 1.29 is 9.32 Å². The molecule has 0 N–H and O–H groups in total. The summed E-state index contributed by atoms with van der Waals surface area (Å²) in [4.78, 5) is 28.0. The highest BCUT2D eigenvalue weighted by Gasteiger charge is 2.29. The van der Waals surface area contributed by atoms with Gasteiger partial charge in [-0.1, -0.05) is 42.1 Å². The van der Waals surface area contributed by atoms with Crippen molar-refractivity contribution in [1.29, 1.82) is 0 Å². The van der Waals surface area contributed by atoms with E-state index in [0.29, 0.717) is 54.8 Å². The Morgan fingerprint density at radius 3 is 2.62 bits per heavy atom. The number of urea groups is 1. The van der Waals surface area contributed by atoms with Crippen LogP contribution in [0, 0.1) is 0 Å². The van der Waals surface area contributed by atoms with Gasteiger partial charge in [-0.3, -0.25) is 0 Å². The van der Waals surface area contributed by atoms with E-state index in [0.717, 1.165) is 23.7 Å². The standard InChI is InChI=1S/C23H27ClN6O2/c1-28(18-5-3-2-4-6-18)23(31)30-13-11-29(12-14-30)22-26-21(27-32-22)20-9-7-16-15-17(24)8-10-19(16)25-20/h7-10,15,18H,2-6,11-14H2,1H3. The molecular formula is C23H27ClN6O2. The first-order chi connectivity index (χ1) is 15.6. The summed E-state index contributed by atoms with van der Waals surface area (Å²) in [7, 11) is 1.94. The Morgan fingerprint density at radius 2 is 1.84 bits per heavy atom. The lowest BCUT2D eigenvalue weighted by Crippen LogP contribution is -2.54. The maximum atomic E-state index is 12.9. The molecule has 1 aromatic carbocycles. The molecule has 1 aliphatic carbocycles. The van der Waals surface area contributed by atoms with Gasteiger partial charge in [0.05, 0.1) is 5.52 Å². The SMILES string of the molecule is CN(C(=O)N1CCN(c2nc(-c3ccc4cc(Cl)ccc4n3)no2)CC1)C1CCCCC1. The Balaban J connectivity index is 1.22. The quantitative estimate of drug-likeness (QED) is 0.582. The summed E-state index contributed by atoms with van der Waals surface area (Å²) in [6.45, 7) is 2.61. The predicted molar refractivity (Wildman–Crippen MR) is 124 cm³/mol. The predicted octanol–water partition coefficient (Wildman–Crippen LogP) is 4.44. The van der Waals surface area contributed by atoms with Crippen LogP contribution in [-0.4, -0.2) is 70.2 Å². The number of carbonyl (C=O) groups is 1. The van der Waals surface area contributed by atoms with Gasteiger partial charge in [0, 0.05) is 49.7 Å². The lowest BCUT2D eigenvalue weighted by Gasteiger charge is -2.39. The number of halogens is 1. The number of hydrogen-bond acceptors (Lipinski definition) is 6. The van der Waals surface area contributed by atoms with E-state index in [9.17, 15) is 4.79 Å². The van der Waals surface area contributed by atoms with Gasteiger partial charge in [0.1, 0.15) is 5.69 Å². The molecule has 168 valence electrons. The van der Waals surface area contributed by atoms with Crippen LogP contribution in [0.15, 0.2) is 34.9 Å². The largest absolute Gasteiger partial charge is 0.325 e. The first kappa shape index (κ1) is 21.0. The molecule has 0 bridgehead atoms. The van der Waals surface area contributed by atoms with Crippen LogP contribution in [-0.2, 0) is 0 Å². The van der Waals surface area contributed by atoms with Gasteiger partial charge in [-0.2, -0.15) is 4.98 Å². The number of amides is 2. The molecule has 8 nitrogen and oxygen atoms in total. The van der Waals surface area contributed by atoms with E-state index in [1.165, 1.54) is 19.3 Å². The van der Waals surface area contributed by atoms with Crippen molar-refractivity contribution in [1.82, 2.24) is 24.9 Å². The van der Waals surface area contributed by atoms with E-state index in [1.807, 2.05) is 52.1 Å². The summed E-state index contributed by atoms with van der Waals surface area (Å²) in [6.07, 6.45) is 5.95. The number of piperazine rings is 1. The van der Waals surface area contributed by atoms with Crippen molar-refractivity contribution in [3.05, 3.63) is 35.4 Å². The molecule has 2 amide bonds. The highest BCUT2D eigenvalue weighted by molar-refractivity contribution is 6.31. The summed E-state index contributed by atoms with van der Waals surface area (Å²) < 4.78 is 5.52. The zero-order valence-electron chi connectivity index (χ0n) is 18.2. The molecule has 1 aliphatic heterocycles. The number of pyridine rings is 1. The molecule has 0 unspecified atom stereocenters. The zero-order chi connectivity index (χ0) is 22.1. The maximum Gasteiger partial charge on any atom is 0.324 e. The van der Waals surface area contributed by atoms with Gasteiger partial charge in [0.25, 0.3) is 0 Å². The van der Waals surface area contributed by atoms with Gasteiger partial charge >= 0.3 is 12.0 Å². The Bertz CT molecular complexity index is 1100. The van der Waals surface area contributed by atoms with Crippen molar-refractivity contribution in [2.45, 2.75) is 38.1 Å². The normalized spacial score (nSPS) is 17.7. The van der Waals surface area contributed by atoms with Crippen LogP contribution in [0.3, 0.4) is 0 Å². The Hall–Kier alpha value is -2.87. The monoisotopic (exact) mass is 454 g/mol. The number of fused-ring (bicyclic) bond motifs is 1. The fourth-order valence-electron chi connectivity index (χ4n) is 4.61. The van der Waals surface area contributed by atoms with E-state index < -0.39 is 0 Å². The molecule has 9 heteroatoms. The molecule has 1 saturated heterocycles. The third-order valence-electron chi connectivity index (χ3n) is 6.54. The second kappa shape index (κ2) is 8.94. The fourth-order valence-corrected chi connectivity index (χ4v) is 4.79. The van der Waals surface area contributed by atoms with Crippen LogP contribution < -0.4 is 4.90 Å². The molecule has 0 atom stereocenters. The number of rotatable bonds is 3. The van der Waals surface area contributed by atoms with E-state index in [2.05, 4.69) is 15.1 Å². The van der Waals surface area contributed by atoms with Gasteiger partial charge in [0.15, 0.2) is 0 Å². The van der Waals surface area contributed by atoms with Crippen LogP contribution >= 0.6 is 11.6 Å². The highest BCUT2D eigenvalue weighted by Crippen LogP contribution is 2.25. The van der Waals surface area contributed by atoms with E-state index in [1.54, 1.807) is 0 Å². The molecular weight excluding hydrogens is 428 g/mol. The third-order valence-corrected chi connectivity index (χ3v) is 6.78. The molecule has 0 spiro atoms. The second-order valence-corrected chi connectivity index (χ2v) is 9.03. The number of hydrogen-bond donors (Lipinski definition) is 0. The molecule has 2 aromatic heterocycles. The molecule has 0 radical (unpaired) electrons. The van der Waals surface area contributed by atoms with E-state index in [-0.39, 0.29) is 6.03 Å². The molecule has 1 saturated carbocycles. The lowest BCUT2D eigenvalue weighted by atomic mass is 9.95. The van der Waals surface area contributed by atoms with Crippen molar-refractivity contribution in [3.63, 3.8) is 0 Å². The maximum absolute atomic E-state index is 12.9. The van der Waals surface area contributed by atoms with Gasteiger partial charge < -0.3 is 19.2 Å².